The van der Waals surface area contributed by atoms with Crippen molar-refractivity contribution in [2.45, 2.75) is 39.5 Å². The van der Waals surface area contributed by atoms with Gasteiger partial charge in [-0.25, -0.2) is 9.15 Å². The smallest absolute Gasteiger partial charge is 0.224 e. The van der Waals surface area contributed by atoms with Gasteiger partial charge in [-0.2, -0.15) is 0 Å². The van der Waals surface area contributed by atoms with Crippen LogP contribution in [0.1, 0.15) is 39.5 Å². The number of rotatable bonds is 6. The Morgan fingerprint density at radius 2 is 1.29 bits per heavy atom. The summed E-state index contributed by atoms with van der Waals surface area (Å²) < 4.78 is 4.87. The summed E-state index contributed by atoms with van der Waals surface area (Å²) in [5.74, 6) is 0. The highest BCUT2D eigenvalue weighted by atomic mass is 15.1. The summed E-state index contributed by atoms with van der Waals surface area (Å²) >= 11 is 0. The number of unbranched alkanes of at least 4 members (excludes halogenated alkanes) is 2. The maximum absolute atomic E-state index is 2.44. The molecule has 2 nitrogen and oxygen atoms in total. The summed E-state index contributed by atoms with van der Waals surface area (Å²) in [5.41, 5.74) is 0. The van der Waals surface area contributed by atoms with Crippen LogP contribution in [-0.4, -0.2) is 47.8 Å². The maximum atomic E-state index is 2.44. The average molecular weight is 196 g/mol. The SMILES string of the molecule is CCCC[N+]1=CC=[N+](CCCC)CC1. The van der Waals surface area contributed by atoms with Crippen molar-refractivity contribution in [3.05, 3.63) is 0 Å². The van der Waals surface area contributed by atoms with Crippen LogP contribution in [0.5, 0.6) is 0 Å². The standard InChI is InChI=1S/C12H24N2/c1-3-5-7-13-9-11-14(12-10-13)8-6-4-2/h9,11H,3-8,10,12H2,1-2H3/q+2. The Hall–Kier alpha value is -0.660. The third-order valence-corrected chi connectivity index (χ3v) is 2.76. The molecule has 80 valence electrons. The molecule has 0 saturated carbocycles. The third-order valence-electron chi connectivity index (χ3n) is 2.76. The average Bonchev–Trinajstić information content (AvgIpc) is 2.25. The summed E-state index contributed by atoms with van der Waals surface area (Å²) in [6.07, 6.45) is 9.75. The molecule has 0 spiro atoms. The molecule has 0 aliphatic carbocycles. The maximum Gasteiger partial charge on any atom is 0.227 e. The van der Waals surface area contributed by atoms with E-state index in [0.29, 0.717) is 0 Å². The van der Waals surface area contributed by atoms with E-state index < -0.39 is 0 Å². The van der Waals surface area contributed by atoms with Gasteiger partial charge in [-0.15, -0.1) is 0 Å². The van der Waals surface area contributed by atoms with E-state index in [1.54, 1.807) is 0 Å². The minimum atomic E-state index is 1.21. The van der Waals surface area contributed by atoms with Gasteiger partial charge in [0, 0.05) is 12.8 Å². The predicted molar refractivity (Wildman–Crippen MR) is 61.9 cm³/mol. The molecule has 0 aromatic carbocycles. The van der Waals surface area contributed by atoms with Gasteiger partial charge in [-0.1, -0.05) is 26.7 Å². The second-order valence-electron chi connectivity index (χ2n) is 4.08. The Morgan fingerprint density at radius 1 is 0.857 bits per heavy atom. The van der Waals surface area contributed by atoms with E-state index in [-0.39, 0.29) is 0 Å². The van der Waals surface area contributed by atoms with Crippen molar-refractivity contribution in [3.63, 3.8) is 0 Å². The first-order valence-corrected chi connectivity index (χ1v) is 6.03. The molecule has 1 aliphatic rings. The van der Waals surface area contributed by atoms with E-state index in [1.807, 2.05) is 0 Å². The Bertz CT molecular complexity index is 192. The van der Waals surface area contributed by atoms with Gasteiger partial charge < -0.3 is 0 Å². The molecule has 1 rings (SSSR count). The molecule has 0 fully saturated rings. The van der Waals surface area contributed by atoms with Gasteiger partial charge >= 0.3 is 0 Å². The molecule has 1 aliphatic heterocycles. The second kappa shape index (κ2) is 6.74. The molecular weight excluding hydrogens is 172 g/mol. The van der Waals surface area contributed by atoms with Crippen molar-refractivity contribution < 1.29 is 9.15 Å². The molecular formula is C12H24N2+2. The molecule has 0 aromatic rings. The van der Waals surface area contributed by atoms with Crippen LogP contribution < -0.4 is 0 Å². The normalized spacial score (nSPS) is 16.4. The van der Waals surface area contributed by atoms with E-state index in [4.69, 9.17) is 0 Å². The lowest BCUT2D eigenvalue weighted by Gasteiger charge is -2.07. The van der Waals surface area contributed by atoms with E-state index in [9.17, 15) is 0 Å². The zero-order valence-electron chi connectivity index (χ0n) is 9.71. The lowest BCUT2D eigenvalue weighted by Crippen LogP contribution is -2.32. The van der Waals surface area contributed by atoms with Gasteiger partial charge in [-0.3, -0.25) is 0 Å². The number of hydrogen-bond acceptors (Lipinski definition) is 0. The number of nitrogens with zero attached hydrogens (tertiary/aromatic N) is 2. The van der Waals surface area contributed by atoms with E-state index >= 15 is 0 Å². The van der Waals surface area contributed by atoms with Crippen molar-refractivity contribution >= 4 is 12.4 Å². The number of hydrogen-bond donors (Lipinski definition) is 0. The van der Waals surface area contributed by atoms with Crippen LogP contribution in [0.3, 0.4) is 0 Å². The lowest BCUT2D eigenvalue weighted by molar-refractivity contribution is -0.605. The molecule has 0 N–H and O–H groups in total. The van der Waals surface area contributed by atoms with Gasteiger partial charge in [0.2, 0.25) is 25.5 Å². The van der Waals surface area contributed by atoms with Crippen LogP contribution in [0.15, 0.2) is 0 Å². The molecule has 2 heteroatoms. The van der Waals surface area contributed by atoms with Crippen molar-refractivity contribution in [1.82, 2.24) is 0 Å². The van der Waals surface area contributed by atoms with Gasteiger partial charge in [0.15, 0.2) is 0 Å². The minimum Gasteiger partial charge on any atom is -0.224 e. The van der Waals surface area contributed by atoms with Crippen LogP contribution in [0.2, 0.25) is 0 Å². The molecule has 0 bridgehead atoms. The summed E-state index contributed by atoms with van der Waals surface area (Å²) in [6.45, 7) is 9.38. The van der Waals surface area contributed by atoms with Gasteiger partial charge in [0.05, 0.1) is 0 Å². The fourth-order valence-corrected chi connectivity index (χ4v) is 1.69. The van der Waals surface area contributed by atoms with Gasteiger partial charge in [0.1, 0.15) is 13.1 Å². The Kier molecular flexibility index (Phi) is 5.50. The highest BCUT2D eigenvalue weighted by molar-refractivity contribution is 6.11. The molecule has 0 unspecified atom stereocenters. The molecule has 0 radical (unpaired) electrons. The fourth-order valence-electron chi connectivity index (χ4n) is 1.69. The van der Waals surface area contributed by atoms with Crippen molar-refractivity contribution in [3.8, 4) is 0 Å². The molecule has 0 aromatic heterocycles. The third kappa shape index (κ3) is 4.03. The van der Waals surface area contributed by atoms with Crippen LogP contribution >= 0.6 is 0 Å². The Balaban J connectivity index is 2.31. The monoisotopic (exact) mass is 196 g/mol. The van der Waals surface area contributed by atoms with Gasteiger partial charge in [0.25, 0.3) is 0 Å². The summed E-state index contributed by atoms with van der Waals surface area (Å²) in [7, 11) is 0. The van der Waals surface area contributed by atoms with Gasteiger partial charge in [-0.05, 0) is 0 Å². The zero-order valence-corrected chi connectivity index (χ0v) is 9.71. The molecule has 14 heavy (non-hydrogen) atoms. The zero-order chi connectivity index (χ0) is 10.2. The predicted octanol–water partition coefficient (Wildman–Crippen LogP) is 1.77. The van der Waals surface area contributed by atoms with E-state index in [2.05, 4.69) is 35.4 Å². The summed E-state index contributed by atoms with van der Waals surface area (Å²) in [4.78, 5) is 0. The first-order valence-electron chi connectivity index (χ1n) is 6.03. The van der Waals surface area contributed by atoms with Crippen molar-refractivity contribution in [2.24, 2.45) is 0 Å². The van der Waals surface area contributed by atoms with Crippen LogP contribution in [0, 0.1) is 0 Å². The molecule has 0 atom stereocenters. The van der Waals surface area contributed by atoms with Crippen LogP contribution in [0.25, 0.3) is 0 Å². The van der Waals surface area contributed by atoms with Crippen LogP contribution in [-0.2, 0) is 0 Å². The highest BCUT2D eigenvalue weighted by Crippen LogP contribution is 1.93. The fraction of sp³-hybridized carbons (Fsp3) is 0.833. The second-order valence-corrected chi connectivity index (χ2v) is 4.08. The van der Waals surface area contributed by atoms with E-state index in [0.717, 1.165) is 0 Å². The topological polar surface area (TPSA) is 6.02 Å². The lowest BCUT2D eigenvalue weighted by atomic mass is 10.3. The highest BCUT2D eigenvalue weighted by Gasteiger charge is 2.14. The quantitative estimate of drug-likeness (QED) is 0.571. The molecule has 0 saturated heterocycles. The largest absolute Gasteiger partial charge is 0.227 e. The minimum absolute atomic E-state index is 1.21. The summed E-state index contributed by atoms with van der Waals surface area (Å²) in [6, 6.07) is 0. The Morgan fingerprint density at radius 3 is 1.57 bits per heavy atom. The molecule has 1 heterocycles. The molecule has 0 amide bonds. The Labute approximate surface area is 88.0 Å². The summed E-state index contributed by atoms with van der Waals surface area (Å²) in [5, 5.41) is 0. The van der Waals surface area contributed by atoms with Crippen LogP contribution in [0.4, 0.5) is 0 Å². The van der Waals surface area contributed by atoms with Crippen molar-refractivity contribution in [2.75, 3.05) is 26.2 Å². The van der Waals surface area contributed by atoms with E-state index in [1.165, 1.54) is 51.9 Å². The first-order chi connectivity index (χ1) is 6.86. The van der Waals surface area contributed by atoms with Crippen molar-refractivity contribution in [1.29, 1.82) is 0 Å². The first kappa shape index (κ1) is 11.4.